The molecule has 18 heavy (non-hydrogen) atoms. The third kappa shape index (κ3) is 1.68. The molecule has 2 aromatic heterocycles. The summed E-state index contributed by atoms with van der Waals surface area (Å²) in [4.78, 5) is 27.7. The quantitative estimate of drug-likeness (QED) is 0.768. The molecule has 7 nitrogen and oxygen atoms in total. The lowest BCUT2D eigenvalue weighted by molar-refractivity contribution is 0.0993. The first-order valence-corrected chi connectivity index (χ1v) is 5.48. The van der Waals surface area contributed by atoms with Crippen molar-refractivity contribution in [3.05, 3.63) is 22.4 Å². The molecule has 0 unspecified atom stereocenters. The van der Waals surface area contributed by atoms with E-state index in [0.717, 1.165) is 0 Å². The van der Waals surface area contributed by atoms with E-state index < -0.39 is 11.4 Å². The lowest BCUT2D eigenvalue weighted by Crippen LogP contribution is -2.38. The van der Waals surface area contributed by atoms with Crippen molar-refractivity contribution in [2.45, 2.75) is 26.3 Å². The first kappa shape index (κ1) is 12.3. The molecule has 2 aromatic rings. The minimum atomic E-state index is -0.697. The Morgan fingerprint density at radius 2 is 2.00 bits per heavy atom. The number of carbonyl (C=O) groups excluding carboxylic acids is 1. The average molecular weight is 249 g/mol. The van der Waals surface area contributed by atoms with Crippen molar-refractivity contribution in [3.8, 4) is 0 Å². The Balaban J connectivity index is 3.00. The highest BCUT2D eigenvalue weighted by Crippen LogP contribution is 2.15. The number of primary amides is 1. The van der Waals surface area contributed by atoms with Crippen molar-refractivity contribution in [2.24, 2.45) is 12.8 Å². The van der Waals surface area contributed by atoms with Gasteiger partial charge >= 0.3 is 0 Å². The van der Waals surface area contributed by atoms with E-state index in [1.807, 2.05) is 20.8 Å². The highest BCUT2D eigenvalue weighted by Gasteiger charge is 2.24. The van der Waals surface area contributed by atoms with Gasteiger partial charge in [0.1, 0.15) is 11.0 Å². The van der Waals surface area contributed by atoms with Crippen molar-refractivity contribution in [1.82, 2.24) is 19.3 Å². The summed E-state index contributed by atoms with van der Waals surface area (Å²) in [5.41, 5.74) is 5.04. The molecule has 1 amide bonds. The summed E-state index contributed by atoms with van der Waals surface area (Å²) in [7, 11) is 1.69. The number of aromatic nitrogens is 4. The third-order valence-electron chi connectivity index (χ3n) is 2.63. The SMILES string of the molecule is Cn1cnc2c(C(N)=O)nn(C(C)(C)C)c(=O)c21. The van der Waals surface area contributed by atoms with Crippen LogP contribution in [0.15, 0.2) is 11.1 Å². The summed E-state index contributed by atoms with van der Waals surface area (Å²) in [6.45, 7) is 5.48. The predicted octanol–water partition coefficient (Wildman–Crippen LogP) is -0.0161. The fourth-order valence-corrected chi connectivity index (χ4v) is 1.77. The van der Waals surface area contributed by atoms with Crippen LogP contribution < -0.4 is 11.3 Å². The Morgan fingerprint density at radius 1 is 1.39 bits per heavy atom. The number of aryl methyl sites for hydroxylation is 1. The van der Waals surface area contributed by atoms with Gasteiger partial charge in [0.05, 0.1) is 11.9 Å². The maximum Gasteiger partial charge on any atom is 0.293 e. The number of nitrogens with two attached hydrogens (primary N) is 1. The van der Waals surface area contributed by atoms with Gasteiger partial charge in [0, 0.05) is 7.05 Å². The summed E-state index contributed by atoms with van der Waals surface area (Å²) < 4.78 is 2.82. The van der Waals surface area contributed by atoms with Gasteiger partial charge in [-0.05, 0) is 20.8 Å². The van der Waals surface area contributed by atoms with Crippen molar-refractivity contribution >= 4 is 16.9 Å². The lowest BCUT2D eigenvalue weighted by Gasteiger charge is -2.21. The monoisotopic (exact) mass is 249 g/mol. The molecule has 2 heterocycles. The Kier molecular flexibility index (Phi) is 2.50. The fourth-order valence-electron chi connectivity index (χ4n) is 1.77. The summed E-state index contributed by atoms with van der Waals surface area (Å²) >= 11 is 0. The number of hydrogen-bond donors (Lipinski definition) is 1. The number of nitrogens with zero attached hydrogens (tertiary/aromatic N) is 4. The topological polar surface area (TPSA) is 95.8 Å². The molecule has 0 saturated carbocycles. The molecule has 0 bridgehead atoms. The number of fused-ring (bicyclic) bond motifs is 1. The van der Waals surface area contributed by atoms with Crippen LogP contribution in [0, 0.1) is 0 Å². The molecule has 0 aliphatic heterocycles. The van der Waals surface area contributed by atoms with Crippen LogP contribution in [-0.4, -0.2) is 25.2 Å². The second-order valence-electron chi connectivity index (χ2n) is 5.15. The second-order valence-corrected chi connectivity index (χ2v) is 5.15. The van der Waals surface area contributed by atoms with Crippen LogP contribution in [0.3, 0.4) is 0 Å². The Morgan fingerprint density at radius 3 is 2.50 bits per heavy atom. The Labute approximate surface area is 103 Å². The number of amides is 1. The minimum absolute atomic E-state index is 0.0140. The average Bonchev–Trinajstić information content (AvgIpc) is 2.59. The Hall–Kier alpha value is -2.18. The lowest BCUT2D eigenvalue weighted by atomic mass is 10.1. The van der Waals surface area contributed by atoms with Gasteiger partial charge < -0.3 is 10.3 Å². The molecule has 0 aliphatic carbocycles. The molecular formula is C11H15N5O2. The smallest absolute Gasteiger partial charge is 0.293 e. The van der Waals surface area contributed by atoms with E-state index in [1.54, 1.807) is 11.6 Å². The van der Waals surface area contributed by atoms with Gasteiger partial charge in [0.25, 0.3) is 11.5 Å². The van der Waals surface area contributed by atoms with Crippen LogP contribution >= 0.6 is 0 Å². The first-order valence-electron chi connectivity index (χ1n) is 5.48. The Bertz CT molecular complexity index is 690. The number of carbonyl (C=O) groups is 1. The van der Waals surface area contributed by atoms with Crippen molar-refractivity contribution in [2.75, 3.05) is 0 Å². The van der Waals surface area contributed by atoms with Crippen LogP contribution in [-0.2, 0) is 12.6 Å². The predicted molar refractivity (Wildman–Crippen MR) is 66.3 cm³/mol. The summed E-state index contributed by atoms with van der Waals surface area (Å²) in [5, 5.41) is 4.04. The zero-order valence-corrected chi connectivity index (χ0v) is 10.8. The third-order valence-corrected chi connectivity index (χ3v) is 2.63. The van der Waals surface area contributed by atoms with E-state index in [9.17, 15) is 9.59 Å². The molecular weight excluding hydrogens is 234 g/mol. The normalized spacial score (nSPS) is 12.0. The van der Waals surface area contributed by atoms with E-state index in [2.05, 4.69) is 10.1 Å². The van der Waals surface area contributed by atoms with Crippen molar-refractivity contribution in [3.63, 3.8) is 0 Å². The second kappa shape index (κ2) is 3.66. The molecule has 7 heteroatoms. The molecule has 96 valence electrons. The van der Waals surface area contributed by atoms with Crippen molar-refractivity contribution < 1.29 is 4.79 Å². The molecule has 2 N–H and O–H groups in total. The van der Waals surface area contributed by atoms with Gasteiger partial charge in [-0.25, -0.2) is 9.67 Å². The largest absolute Gasteiger partial charge is 0.364 e. The highest BCUT2D eigenvalue weighted by molar-refractivity contribution is 6.01. The molecule has 0 atom stereocenters. The van der Waals surface area contributed by atoms with Gasteiger partial charge in [-0.2, -0.15) is 5.10 Å². The molecule has 0 saturated heterocycles. The van der Waals surface area contributed by atoms with Gasteiger partial charge in [-0.1, -0.05) is 0 Å². The fraction of sp³-hybridized carbons (Fsp3) is 0.455. The van der Waals surface area contributed by atoms with E-state index in [0.29, 0.717) is 5.52 Å². The summed E-state index contributed by atoms with van der Waals surface area (Å²) in [5.74, 6) is -0.697. The zero-order valence-electron chi connectivity index (χ0n) is 10.8. The number of rotatable bonds is 1. The van der Waals surface area contributed by atoms with Crippen LogP contribution in [0.25, 0.3) is 11.0 Å². The van der Waals surface area contributed by atoms with Gasteiger partial charge in [-0.3, -0.25) is 9.59 Å². The highest BCUT2D eigenvalue weighted by atomic mass is 16.1. The number of imidazole rings is 1. The molecule has 0 spiro atoms. The van der Waals surface area contributed by atoms with Crippen LogP contribution in [0.2, 0.25) is 0 Å². The van der Waals surface area contributed by atoms with E-state index in [1.165, 1.54) is 11.0 Å². The summed E-state index contributed by atoms with van der Waals surface area (Å²) in [6.07, 6.45) is 1.47. The minimum Gasteiger partial charge on any atom is -0.364 e. The molecule has 0 fully saturated rings. The van der Waals surface area contributed by atoms with Gasteiger partial charge in [-0.15, -0.1) is 0 Å². The maximum absolute atomic E-state index is 12.3. The van der Waals surface area contributed by atoms with E-state index in [4.69, 9.17) is 5.73 Å². The summed E-state index contributed by atoms with van der Waals surface area (Å²) in [6, 6.07) is 0. The maximum atomic E-state index is 12.3. The van der Waals surface area contributed by atoms with Gasteiger partial charge in [0.2, 0.25) is 0 Å². The first-order chi connectivity index (χ1) is 8.23. The van der Waals surface area contributed by atoms with Crippen LogP contribution in [0.1, 0.15) is 31.3 Å². The molecule has 0 aliphatic rings. The standard InChI is InChI=1S/C11H15N5O2/c1-11(2,3)16-10(18)8-6(13-5-15(8)4)7(14-16)9(12)17/h5H,1-4H3,(H2,12,17). The molecule has 2 rings (SSSR count). The van der Waals surface area contributed by atoms with E-state index >= 15 is 0 Å². The molecule has 0 radical (unpaired) electrons. The number of hydrogen-bond acceptors (Lipinski definition) is 4. The van der Waals surface area contributed by atoms with Crippen LogP contribution in [0.5, 0.6) is 0 Å². The molecule has 0 aromatic carbocycles. The van der Waals surface area contributed by atoms with Crippen LogP contribution in [0.4, 0.5) is 0 Å². The van der Waals surface area contributed by atoms with Gasteiger partial charge in [0.15, 0.2) is 5.69 Å². The van der Waals surface area contributed by atoms with E-state index in [-0.39, 0.29) is 16.8 Å². The van der Waals surface area contributed by atoms with Crippen molar-refractivity contribution in [1.29, 1.82) is 0 Å². The zero-order chi connectivity index (χ0) is 13.7.